The van der Waals surface area contributed by atoms with Gasteiger partial charge in [-0.3, -0.25) is 0 Å². The first-order chi connectivity index (χ1) is 10.1. The Labute approximate surface area is 125 Å². The highest BCUT2D eigenvalue weighted by molar-refractivity contribution is 5.74. The molecule has 2 aliphatic rings. The minimum absolute atomic E-state index is 0.0616. The van der Waals surface area contributed by atoms with Gasteiger partial charge in [0.2, 0.25) is 0 Å². The number of carbonyl (C=O) groups excluding carboxylic acids is 1. The van der Waals surface area contributed by atoms with Crippen molar-refractivity contribution in [1.29, 1.82) is 0 Å². The van der Waals surface area contributed by atoms with Crippen molar-refractivity contribution >= 4 is 6.03 Å². The van der Waals surface area contributed by atoms with Gasteiger partial charge in [-0.15, -0.1) is 0 Å². The Kier molecular flexibility index (Phi) is 3.89. The lowest BCUT2D eigenvalue weighted by Crippen LogP contribution is -2.52. The second-order valence-electron chi connectivity index (χ2n) is 6.65. The van der Waals surface area contributed by atoms with E-state index in [2.05, 4.69) is 21.8 Å². The van der Waals surface area contributed by atoms with Crippen LogP contribution in [0.25, 0.3) is 0 Å². The van der Waals surface area contributed by atoms with Crippen molar-refractivity contribution in [2.45, 2.75) is 25.7 Å². The van der Waals surface area contributed by atoms with Gasteiger partial charge in [-0.05, 0) is 12.8 Å². The zero-order valence-corrected chi connectivity index (χ0v) is 12.8. The molecule has 0 atom stereocenters. The molecule has 0 spiro atoms. The summed E-state index contributed by atoms with van der Waals surface area (Å²) in [6, 6.07) is 0.0616. The SMILES string of the molecule is Cn1cncc1C1CCN(C(=O)NCC2(C)COC2)CC1. The van der Waals surface area contributed by atoms with E-state index in [1.54, 1.807) is 0 Å². The average Bonchev–Trinajstić information content (AvgIpc) is 2.89. The van der Waals surface area contributed by atoms with Crippen LogP contribution in [0, 0.1) is 5.41 Å². The summed E-state index contributed by atoms with van der Waals surface area (Å²) in [7, 11) is 2.03. The summed E-state index contributed by atoms with van der Waals surface area (Å²) in [5, 5.41) is 3.05. The summed E-state index contributed by atoms with van der Waals surface area (Å²) in [6.45, 7) is 5.97. The highest BCUT2D eigenvalue weighted by Gasteiger charge is 2.34. The smallest absolute Gasteiger partial charge is 0.317 e. The van der Waals surface area contributed by atoms with Crippen LogP contribution < -0.4 is 5.32 Å². The topological polar surface area (TPSA) is 59.4 Å². The molecule has 1 N–H and O–H groups in total. The third kappa shape index (κ3) is 3.05. The maximum atomic E-state index is 12.2. The van der Waals surface area contributed by atoms with E-state index in [1.807, 2.05) is 24.5 Å². The second kappa shape index (κ2) is 5.67. The van der Waals surface area contributed by atoms with Crippen LogP contribution in [0.4, 0.5) is 4.79 Å². The standard InChI is InChI=1S/C15H24N4O2/c1-15(9-21-10-15)8-17-14(20)19-5-3-12(4-6-19)13-7-16-11-18(13)2/h7,11-12H,3-6,8-10H2,1-2H3,(H,17,20). The van der Waals surface area contributed by atoms with Gasteiger partial charge in [-0.2, -0.15) is 0 Å². The van der Waals surface area contributed by atoms with Gasteiger partial charge >= 0.3 is 6.03 Å². The Morgan fingerprint density at radius 2 is 2.19 bits per heavy atom. The fourth-order valence-electron chi connectivity index (χ4n) is 3.09. The normalized spacial score (nSPS) is 21.9. The fraction of sp³-hybridized carbons (Fsp3) is 0.733. The molecule has 2 aliphatic heterocycles. The summed E-state index contributed by atoms with van der Waals surface area (Å²) in [4.78, 5) is 18.3. The second-order valence-corrected chi connectivity index (χ2v) is 6.65. The summed E-state index contributed by atoms with van der Waals surface area (Å²) in [5.74, 6) is 0.513. The molecule has 0 saturated carbocycles. The number of nitrogens with zero attached hydrogens (tertiary/aromatic N) is 3. The number of aromatic nitrogens is 2. The van der Waals surface area contributed by atoms with E-state index < -0.39 is 0 Å². The molecule has 2 saturated heterocycles. The number of amides is 2. The number of piperidine rings is 1. The van der Waals surface area contributed by atoms with Gasteiger partial charge < -0.3 is 19.5 Å². The number of ether oxygens (including phenoxy) is 1. The number of urea groups is 1. The number of carbonyl (C=O) groups is 1. The van der Waals surface area contributed by atoms with E-state index in [9.17, 15) is 4.79 Å². The van der Waals surface area contributed by atoms with Gasteiger partial charge in [-0.1, -0.05) is 6.92 Å². The zero-order chi connectivity index (χ0) is 14.9. The molecule has 2 fully saturated rings. The molecular formula is C15H24N4O2. The molecular weight excluding hydrogens is 268 g/mol. The van der Waals surface area contributed by atoms with Gasteiger partial charge in [0.15, 0.2) is 0 Å². The number of nitrogens with one attached hydrogen (secondary N) is 1. The number of likely N-dealkylation sites (tertiary alicyclic amines) is 1. The van der Waals surface area contributed by atoms with Gasteiger partial charge in [0.25, 0.3) is 0 Å². The molecule has 0 unspecified atom stereocenters. The Bertz CT molecular complexity index is 502. The maximum absolute atomic E-state index is 12.2. The quantitative estimate of drug-likeness (QED) is 0.915. The van der Waals surface area contributed by atoms with Crippen molar-refractivity contribution in [1.82, 2.24) is 19.8 Å². The lowest BCUT2D eigenvalue weighted by Gasteiger charge is -2.39. The van der Waals surface area contributed by atoms with E-state index >= 15 is 0 Å². The number of hydrogen-bond acceptors (Lipinski definition) is 3. The first-order valence-electron chi connectivity index (χ1n) is 7.64. The average molecular weight is 292 g/mol. The molecule has 0 bridgehead atoms. The first kappa shape index (κ1) is 14.4. The van der Waals surface area contributed by atoms with Crippen LogP contribution >= 0.6 is 0 Å². The van der Waals surface area contributed by atoms with Crippen molar-refractivity contribution in [2.75, 3.05) is 32.8 Å². The lowest BCUT2D eigenvalue weighted by molar-refractivity contribution is -0.0979. The summed E-state index contributed by atoms with van der Waals surface area (Å²) in [6.07, 6.45) is 5.80. The van der Waals surface area contributed by atoms with Gasteiger partial charge in [0.05, 0.1) is 19.5 Å². The van der Waals surface area contributed by atoms with Crippen molar-refractivity contribution in [3.8, 4) is 0 Å². The molecule has 3 heterocycles. The van der Waals surface area contributed by atoms with E-state index in [4.69, 9.17) is 4.74 Å². The van der Waals surface area contributed by atoms with Crippen LogP contribution in [-0.2, 0) is 11.8 Å². The molecule has 1 aromatic rings. The molecule has 21 heavy (non-hydrogen) atoms. The highest BCUT2D eigenvalue weighted by Crippen LogP contribution is 2.28. The number of imidazole rings is 1. The molecule has 0 aliphatic carbocycles. The van der Waals surface area contributed by atoms with Crippen LogP contribution in [0.3, 0.4) is 0 Å². The minimum Gasteiger partial charge on any atom is -0.380 e. The molecule has 2 amide bonds. The zero-order valence-electron chi connectivity index (χ0n) is 12.8. The van der Waals surface area contributed by atoms with Crippen molar-refractivity contribution in [3.05, 3.63) is 18.2 Å². The Balaban J connectivity index is 1.47. The van der Waals surface area contributed by atoms with Crippen LogP contribution in [0.1, 0.15) is 31.4 Å². The van der Waals surface area contributed by atoms with Crippen molar-refractivity contribution < 1.29 is 9.53 Å². The largest absolute Gasteiger partial charge is 0.380 e. The molecule has 6 nitrogen and oxygen atoms in total. The van der Waals surface area contributed by atoms with Gasteiger partial charge in [0, 0.05) is 49.9 Å². The van der Waals surface area contributed by atoms with Crippen molar-refractivity contribution in [2.24, 2.45) is 12.5 Å². The van der Waals surface area contributed by atoms with Gasteiger partial charge in [-0.25, -0.2) is 9.78 Å². The molecule has 3 rings (SSSR count). The van der Waals surface area contributed by atoms with Gasteiger partial charge in [0.1, 0.15) is 0 Å². The van der Waals surface area contributed by atoms with E-state index in [0.717, 1.165) is 39.1 Å². The molecule has 1 aromatic heterocycles. The lowest BCUT2D eigenvalue weighted by atomic mass is 9.89. The number of aryl methyl sites for hydroxylation is 1. The molecule has 6 heteroatoms. The number of rotatable bonds is 3. The van der Waals surface area contributed by atoms with E-state index in [1.165, 1.54) is 5.69 Å². The fourth-order valence-corrected chi connectivity index (χ4v) is 3.09. The van der Waals surface area contributed by atoms with Crippen molar-refractivity contribution in [3.63, 3.8) is 0 Å². The first-order valence-corrected chi connectivity index (χ1v) is 7.64. The maximum Gasteiger partial charge on any atom is 0.317 e. The monoisotopic (exact) mass is 292 g/mol. The Morgan fingerprint density at radius 3 is 2.71 bits per heavy atom. The Morgan fingerprint density at radius 1 is 1.48 bits per heavy atom. The molecule has 0 radical (unpaired) electrons. The van der Waals surface area contributed by atoms with E-state index in [-0.39, 0.29) is 11.4 Å². The summed E-state index contributed by atoms with van der Waals surface area (Å²) >= 11 is 0. The minimum atomic E-state index is 0.0616. The van der Waals surface area contributed by atoms with E-state index in [0.29, 0.717) is 12.5 Å². The van der Waals surface area contributed by atoms with Crippen LogP contribution in [-0.4, -0.2) is 53.3 Å². The summed E-state index contributed by atoms with van der Waals surface area (Å²) < 4.78 is 7.29. The third-order valence-corrected chi connectivity index (χ3v) is 4.62. The predicted molar refractivity (Wildman–Crippen MR) is 79.1 cm³/mol. The van der Waals surface area contributed by atoms with Crippen LogP contribution in [0.5, 0.6) is 0 Å². The van der Waals surface area contributed by atoms with Crippen LogP contribution in [0.2, 0.25) is 0 Å². The summed E-state index contributed by atoms with van der Waals surface area (Å²) in [5.41, 5.74) is 1.40. The predicted octanol–water partition coefficient (Wildman–Crippen LogP) is 1.35. The number of hydrogen-bond donors (Lipinski definition) is 1. The third-order valence-electron chi connectivity index (χ3n) is 4.62. The van der Waals surface area contributed by atoms with Crippen LogP contribution in [0.15, 0.2) is 12.5 Å². The molecule has 116 valence electrons. The highest BCUT2D eigenvalue weighted by atomic mass is 16.5. The molecule has 0 aromatic carbocycles. The Hall–Kier alpha value is -1.56.